The van der Waals surface area contributed by atoms with Gasteiger partial charge >= 0.3 is 0 Å². The van der Waals surface area contributed by atoms with E-state index in [1.165, 1.54) is 11.1 Å². The van der Waals surface area contributed by atoms with Crippen LogP contribution in [0.2, 0.25) is 0 Å². The van der Waals surface area contributed by atoms with Gasteiger partial charge < -0.3 is 30.6 Å². The van der Waals surface area contributed by atoms with Gasteiger partial charge in [-0.1, -0.05) is 88.9 Å². The van der Waals surface area contributed by atoms with E-state index in [4.69, 9.17) is 9.97 Å². The molecule has 2 aliphatic carbocycles. The second kappa shape index (κ2) is 32.9. The predicted molar refractivity (Wildman–Crippen MR) is 319 cm³/mol. The number of benzene rings is 2. The minimum atomic E-state index is -0.141. The summed E-state index contributed by atoms with van der Waals surface area (Å²) in [6, 6.07) is 25.9. The van der Waals surface area contributed by atoms with Gasteiger partial charge in [0.05, 0.1) is 23.6 Å². The molecule has 0 spiro atoms. The molecular weight excluding hydrogens is 901 g/mol. The lowest BCUT2D eigenvalue weighted by molar-refractivity contribution is 0.111. The van der Waals surface area contributed by atoms with Crippen LogP contribution < -0.4 is 10.6 Å². The number of rotatable bonds is 18. The average Bonchev–Trinajstić information content (AvgIpc) is 3.42. The third-order valence-electron chi connectivity index (χ3n) is 13.3. The maximum Gasteiger partial charge on any atom is 0.134 e. The quantitative estimate of drug-likeness (QED) is 0.0574. The first-order valence-corrected chi connectivity index (χ1v) is 26.9. The monoisotopic (exact) mass is 993 g/mol. The SMILES string of the molecule is C/C=C(\C=NC)c1ccc(-c2cccc(/C(C)=C/N(C)C(C)C)c2)nc1NCC1CCC(O)CC1.C=C/C(=C\N(C)C)c1cccc(-c2ccc(/C(C=NC)=C/C)c(NCC3CCC(O)CC3)n2)c1.CC.CC. The predicted octanol–water partition coefficient (Wildman–Crippen LogP) is 14.5. The maximum atomic E-state index is 9.86. The Morgan fingerprint density at radius 3 is 1.45 bits per heavy atom. The Labute approximate surface area is 442 Å². The molecule has 0 radical (unpaired) electrons. The van der Waals surface area contributed by atoms with Gasteiger partial charge in [-0.05, 0) is 168 Å². The average molecular weight is 993 g/mol. The van der Waals surface area contributed by atoms with E-state index in [1.54, 1.807) is 14.1 Å². The summed E-state index contributed by atoms with van der Waals surface area (Å²) in [7, 11) is 9.72. The topological polar surface area (TPSA) is 122 Å². The summed E-state index contributed by atoms with van der Waals surface area (Å²) in [5, 5.41) is 27.0. The number of hydrogen-bond acceptors (Lipinski definition) is 10. The van der Waals surface area contributed by atoms with E-state index >= 15 is 0 Å². The molecule has 2 heterocycles. The van der Waals surface area contributed by atoms with Crippen LogP contribution in [0.3, 0.4) is 0 Å². The van der Waals surface area contributed by atoms with Crippen molar-refractivity contribution in [3.05, 3.63) is 132 Å². The van der Waals surface area contributed by atoms with Crippen molar-refractivity contribution in [1.29, 1.82) is 0 Å². The Hall–Kier alpha value is -6.10. The number of pyridine rings is 2. The lowest BCUT2D eigenvalue weighted by Crippen LogP contribution is -2.24. The third kappa shape index (κ3) is 19.4. The van der Waals surface area contributed by atoms with Gasteiger partial charge in [-0.25, -0.2) is 9.97 Å². The minimum Gasteiger partial charge on any atom is -0.393 e. The fourth-order valence-corrected chi connectivity index (χ4v) is 8.87. The number of anilines is 2. The Kier molecular flexibility index (Phi) is 27.6. The zero-order valence-corrected chi connectivity index (χ0v) is 47.2. The molecule has 2 fully saturated rings. The standard InChI is InChI=1S/C30H42N4O.C29H38N4O.2C2H6/c1-7-24(19-31-5)28-15-16-29(33-30(28)32-18-23-11-13-27(35)14-12-23)26-10-8-9-25(17-26)22(4)20-34(6)21(2)3;1-6-22(19-30-3)27-15-16-28(32-29(27)31-18-21-11-13-26(34)14-12-21)25-10-8-9-24(17-25)23(7-2)20-33(4)5;2*1-2/h7-10,15-17,19-21,23,27,35H,11-14,18H2,1-6H3,(H,32,33);6-10,15-17,19-21,26,34H,2,11-14,18H2,1,3-5H3,(H,31,32);2*1-2H3/b22-20+,24-7+,31-19?;22-6+,23-20+,30-19?;;. The molecule has 2 aliphatic rings. The van der Waals surface area contributed by atoms with Gasteiger partial charge in [-0.15, -0.1) is 0 Å². The summed E-state index contributed by atoms with van der Waals surface area (Å²) in [6.07, 6.45) is 21.5. The van der Waals surface area contributed by atoms with Crippen LogP contribution >= 0.6 is 0 Å². The fourth-order valence-electron chi connectivity index (χ4n) is 8.87. The van der Waals surface area contributed by atoms with Crippen molar-refractivity contribution in [2.75, 3.05) is 59.0 Å². The lowest BCUT2D eigenvalue weighted by atomic mass is 9.87. The second-order valence-electron chi connectivity index (χ2n) is 19.0. The van der Waals surface area contributed by atoms with E-state index < -0.39 is 0 Å². The van der Waals surface area contributed by atoms with Crippen molar-refractivity contribution >= 4 is 46.4 Å². The largest absolute Gasteiger partial charge is 0.393 e. The molecule has 4 aromatic rings. The molecule has 2 aromatic carbocycles. The maximum absolute atomic E-state index is 9.86. The third-order valence-corrected chi connectivity index (χ3v) is 13.3. The Bertz CT molecular complexity index is 2460. The molecule has 0 unspecified atom stereocenters. The van der Waals surface area contributed by atoms with Crippen LogP contribution in [0.25, 0.3) is 44.8 Å². The minimum absolute atomic E-state index is 0.135. The highest BCUT2D eigenvalue weighted by molar-refractivity contribution is 6.12. The summed E-state index contributed by atoms with van der Waals surface area (Å²) in [4.78, 5) is 22.9. The Morgan fingerprint density at radius 1 is 0.644 bits per heavy atom. The van der Waals surface area contributed by atoms with Gasteiger partial charge in [0, 0.05) is 101 Å². The molecule has 2 saturated carbocycles. The number of aromatic nitrogens is 2. The molecule has 396 valence electrons. The van der Waals surface area contributed by atoms with Gasteiger partial charge in [-0.2, -0.15) is 0 Å². The molecule has 0 aliphatic heterocycles. The highest BCUT2D eigenvalue weighted by atomic mass is 16.3. The van der Waals surface area contributed by atoms with Gasteiger partial charge in [-0.3, -0.25) is 9.98 Å². The number of aliphatic hydroxyl groups excluding tert-OH is 2. The van der Waals surface area contributed by atoms with Gasteiger partial charge in [0.15, 0.2) is 0 Å². The molecule has 6 rings (SSSR count). The highest BCUT2D eigenvalue weighted by Gasteiger charge is 2.22. The molecule has 10 nitrogen and oxygen atoms in total. The van der Waals surface area contributed by atoms with E-state index in [2.05, 4.69) is 157 Å². The summed E-state index contributed by atoms with van der Waals surface area (Å²) < 4.78 is 0. The summed E-state index contributed by atoms with van der Waals surface area (Å²) in [5.74, 6) is 2.86. The summed E-state index contributed by atoms with van der Waals surface area (Å²) in [5.41, 5.74) is 12.8. The summed E-state index contributed by atoms with van der Waals surface area (Å²) in [6.45, 7) is 24.3. The zero-order valence-electron chi connectivity index (χ0n) is 47.2. The Balaban J connectivity index is 0.000000361. The van der Waals surface area contributed by atoms with Crippen LogP contribution in [-0.2, 0) is 0 Å². The smallest absolute Gasteiger partial charge is 0.134 e. The highest BCUT2D eigenvalue weighted by Crippen LogP contribution is 2.32. The zero-order chi connectivity index (χ0) is 53.9. The second-order valence-corrected chi connectivity index (χ2v) is 19.0. The molecule has 4 N–H and O–H groups in total. The van der Waals surface area contributed by atoms with Crippen molar-refractivity contribution in [2.24, 2.45) is 21.8 Å². The van der Waals surface area contributed by atoms with E-state index in [0.29, 0.717) is 17.9 Å². The molecule has 0 saturated heterocycles. The molecule has 2 aromatic heterocycles. The van der Waals surface area contributed by atoms with Gasteiger partial charge in [0.2, 0.25) is 0 Å². The molecule has 0 amide bonds. The number of nitrogens with one attached hydrogen (secondary N) is 2. The van der Waals surface area contributed by atoms with Crippen molar-refractivity contribution < 1.29 is 10.2 Å². The molecule has 0 bridgehead atoms. The number of aliphatic imine (C=N–C) groups is 2. The first-order valence-electron chi connectivity index (χ1n) is 26.9. The number of allylic oxidation sites excluding steroid dienone is 7. The van der Waals surface area contributed by atoms with E-state index in [1.807, 2.05) is 79.0 Å². The van der Waals surface area contributed by atoms with Crippen LogP contribution in [0.1, 0.15) is 136 Å². The number of nitrogens with zero attached hydrogens (tertiary/aromatic N) is 6. The van der Waals surface area contributed by atoms with E-state index in [-0.39, 0.29) is 12.2 Å². The van der Waals surface area contributed by atoms with Crippen LogP contribution in [-0.4, -0.2) is 109 Å². The molecule has 73 heavy (non-hydrogen) atoms. The normalized spacial score (nSPS) is 18.5. The Morgan fingerprint density at radius 2 is 1.07 bits per heavy atom. The van der Waals surface area contributed by atoms with Crippen LogP contribution in [0.5, 0.6) is 0 Å². The van der Waals surface area contributed by atoms with Gasteiger partial charge in [0.25, 0.3) is 0 Å². The van der Waals surface area contributed by atoms with Gasteiger partial charge in [0.1, 0.15) is 11.6 Å². The first kappa shape index (κ1) is 61.2. The van der Waals surface area contributed by atoms with Crippen LogP contribution in [0, 0.1) is 11.8 Å². The van der Waals surface area contributed by atoms with E-state index in [0.717, 1.165) is 132 Å². The van der Waals surface area contributed by atoms with Crippen molar-refractivity contribution in [3.63, 3.8) is 0 Å². The summed E-state index contributed by atoms with van der Waals surface area (Å²) >= 11 is 0. The fraction of sp³-hybridized carbons (Fsp3) is 0.460. The number of aliphatic hydroxyl groups is 2. The van der Waals surface area contributed by atoms with Crippen LogP contribution in [0.4, 0.5) is 11.6 Å². The number of hydrogen-bond donors (Lipinski definition) is 4. The van der Waals surface area contributed by atoms with Crippen LogP contribution in [0.15, 0.2) is 120 Å². The van der Waals surface area contributed by atoms with Crippen molar-refractivity contribution in [3.8, 4) is 22.5 Å². The lowest BCUT2D eigenvalue weighted by Gasteiger charge is -2.26. The van der Waals surface area contributed by atoms with Crippen molar-refractivity contribution in [1.82, 2.24) is 19.8 Å². The molecule has 10 heteroatoms. The molecular formula is C63H92N8O2. The van der Waals surface area contributed by atoms with E-state index in [9.17, 15) is 10.2 Å². The molecule has 0 atom stereocenters. The van der Waals surface area contributed by atoms with Crippen molar-refractivity contribution in [2.45, 2.75) is 132 Å². The first-order chi connectivity index (χ1) is 35.3.